The smallest absolute Gasteiger partial charge is 0.158 e. The maximum Gasteiger partial charge on any atom is 0.158 e. The molecule has 1 aliphatic heterocycles. The lowest BCUT2D eigenvalue weighted by molar-refractivity contribution is 0.0858. The molecule has 18 heavy (non-hydrogen) atoms. The molecule has 0 N–H and O–H groups in total. The minimum atomic E-state index is 0.0456. The molecule has 2 nitrogen and oxygen atoms in total. The minimum Gasteiger partial charge on any atom is -0.386 e. The Morgan fingerprint density at radius 1 is 0.944 bits per heavy atom. The van der Waals surface area contributed by atoms with Crippen LogP contribution >= 0.6 is 15.9 Å². The van der Waals surface area contributed by atoms with Crippen molar-refractivity contribution in [1.29, 1.82) is 0 Å². The quantitative estimate of drug-likeness (QED) is 0.799. The fourth-order valence-corrected chi connectivity index (χ4v) is 2.43. The molecule has 3 rings (SSSR count). The molecule has 90 valence electrons. The second-order valence-electron chi connectivity index (χ2n) is 4.25. The van der Waals surface area contributed by atoms with Crippen molar-refractivity contribution in [3.8, 4) is 11.1 Å². The number of oxime groups is 1. The van der Waals surface area contributed by atoms with Gasteiger partial charge in [-0.1, -0.05) is 59.8 Å². The zero-order chi connectivity index (χ0) is 12.4. The first-order valence-corrected chi connectivity index (χ1v) is 6.66. The van der Waals surface area contributed by atoms with Gasteiger partial charge in [-0.05, 0) is 32.6 Å². The first-order chi connectivity index (χ1) is 8.83. The lowest BCUT2D eigenvalue weighted by Crippen LogP contribution is -1.96. The summed E-state index contributed by atoms with van der Waals surface area (Å²) in [5.74, 6) is 0. The predicted octanol–water partition coefficient (Wildman–Crippen LogP) is 4.52. The van der Waals surface area contributed by atoms with Crippen LogP contribution in [0.1, 0.15) is 18.1 Å². The second kappa shape index (κ2) is 4.94. The van der Waals surface area contributed by atoms with Crippen LogP contribution in [0.2, 0.25) is 0 Å². The van der Waals surface area contributed by atoms with Gasteiger partial charge < -0.3 is 4.84 Å². The van der Waals surface area contributed by atoms with E-state index < -0.39 is 0 Å². The molecule has 0 amide bonds. The third-order valence-electron chi connectivity index (χ3n) is 3.02. The van der Waals surface area contributed by atoms with Crippen molar-refractivity contribution in [3.63, 3.8) is 0 Å². The SMILES string of the molecule is BrC1=NO[C@@H](c2ccc(-c3ccccc3)cc2)C1. The summed E-state index contributed by atoms with van der Waals surface area (Å²) < 4.78 is 0.875. The third kappa shape index (κ3) is 2.31. The Kier molecular flexibility index (Phi) is 3.15. The molecule has 1 atom stereocenters. The number of benzene rings is 2. The topological polar surface area (TPSA) is 21.6 Å². The number of hydrogen-bond acceptors (Lipinski definition) is 2. The van der Waals surface area contributed by atoms with Gasteiger partial charge in [-0.15, -0.1) is 0 Å². The Hall–Kier alpha value is -1.61. The van der Waals surface area contributed by atoms with Crippen LogP contribution in [0.4, 0.5) is 0 Å². The van der Waals surface area contributed by atoms with Crippen molar-refractivity contribution in [2.45, 2.75) is 12.5 Å². The van der Waals surface area contributed by atoms with Crippen molar-refractivity contribution in [1.82, 2.24) is 0 Å². The van der Waals surface area contributed by atoms with Gasteiger partial charge in [0, 0.05) is 6.42 Å². The molecule has 0 saturated carbocycles. The lowest BCUT2D eigenvalue weighted by Gasteiger charge is -2.09. The number of rotatable bonds is 2. The fraction of sp³-hybridized carbons (Fsp3) is 0.133. The monoisotopic (exact) mass is 301 g/mol. The van der Waals surface area contributed by atoms with Gasteiger partial charge in [-0.3, -0.25) is 0 Å². The van der Waals surface area contributed by atoms with Crippen molar-refractivity contribution in [2.75, 3.05) is 0 Å². The molecule has 2 aromatic rings. The van der Waals surface area contributed by atoms with Gasteiger partial charge in [0.1, 0.15) is 4.62 Å². The molecular formula is C15H12BrNO. The van der Waals surface area contributed by atoms with E-state index in [1.165, 1.54) is 11.1 Å². The zero-order valence-corrected chi connectivity index (χ0v) is 11.3. The standard InChI is InChI=1S/C15H12BrNO/c16-15-10-14(18-17-15)13-8-6-12(7-9-13)11-4-2-1-3-5-11/h1-9,14H,10H2/t14-/m1/s1. The van der Waals surface area contributed by atoms with Gasteiger partial charge >= 0.3 is 0 Å². The summed E-state index contributed by atoms with van der Waals surface area (Å²) in [6, 6.07) is 18.8. The Balaban J connectivity index is 1.82. The second-order valence-corrected chi connectivity index (χ2v) is 5.17. The summed E-state index contributed by atoms with van der Waals surface area (Å²) in [7, 11) is 0. The van der Waals surface area contributed by atoms with E-state index >= 15 is 0 Å². The summed E-state index contributed by atoms with van der Waals surface area (Å²) in [5.41, 5.74) is 3.61. The molecule has 0 aromatic heterocycles. The molecule has 0 unspecified atom stereocenters. The maximum absolute atomic E-state index is 5.34. The molecule has 0 spiro atoms. The average Bonchev–Trinajstić information content (AvgIpc) is 2.87. The molecule has 0 fully saturated rings. The van der Waals surface area contributed by atoms with E-state index in [1.807, 2.05) is 18.2 Å². The molecule has 0 aliphatic carbocycles. The van der Waals surface area contributed by atoms with Crippen molar-refractivity contribution < 1.29 is 4.84 Å². The maximum atomic E-state index is 5.34. The summed E-state index contributed by atoms with van der Waals surface area (Å²) in [4.78, 5) is 5.34. The summed E-state index contributed by atoms with van der Waals surface area (Å²) in [6.07, 6.45) is 0.856. The van der Waals surface area contributed by atoms with Crippen molar-refractivity contribution in [3.05, 3.63) is 60.2 Å². The highest BCUT2D eigenvalue weighted by Crippen LogP contribution is 2.30. The highest BCUT2D eigenvalue weighted by molar-refractivity contribution is 9.18. The van der Waals surface area contributed by atoms with E-state index in [0.29, 0.717) is 0 Å². The van der Waals surface area contributed by atoms with Crippen LogP contribution in [0.15, 0.2) is 59.8 Å². The minimum absolute atomic E-state index is 0.0456. The van der Waals surface area contributed by atoms with Crippen LogP contribution in [-0.2, 0) is 4.84 Å². The van der Waals surface area contributed by atoms with E-state index in [4.69, 9.17) is 4.84 Å². The molecule has 3 heteroatoms. The molecule has 0 radical (unpaired) electrons. The Morgan fingerprint density at radius 3 is 2.22 bits per heavy atom. The molecule has 0 bridgehead atoms. The van der Waals surface area contributed by atoms with Gasteiger partial charge in [0.15, 0.2) is 6.10 Å². The molecule has 1 heterocycles. The Morgan fingerprint density at radius 2 is 1.61 bits per heavy atom. The lowest BCUT2D eigenvalue weighted by atomic mass is 10.0. The van der Waals surface area contributed by atoms with Crippen LogP contribution < -0.4 is 0 Å². The molecule has 1 aliphatic rings. The van der Waals surface area contributed by atoms with Crippen molar-refractivity contribution in [2.24, 2.45) is 5.16 Å². The largest absolute Gasteiger partial charge is 0.386 e. The van der Waals surface area contributed by atoms with Gasteiger partial charge in [0.2, 0.25) is 0 Å². The Labute approximate surface area is 114 Å². The van der Waals surface area contributed by atoms with Crippen LogP contribution in [0.5, 0.6) is 0 Å². The molecular weight excluding hydrogens is 290 g/mol. The summed E-state index contributed by atoms with van der Waals surface area (Å²) >= 11 is 3.35. The fourth-order valence-electron chi connectivity index (χ4n) is 2.05. The molecule has 0 saturated heterocycles. The number of nitrogens with zero attached hydrogens (tertiary/aromatic N) is 1. The van der Waals surface area contributed by atoms with Gasteiger partial charge in [-0.2, -0.15) is 0 Å². The predicted molar refractivity (Wildman–Crippen MR) is 76.7 cm³/mol. The van der Waals surface area contributed by atoms with Gasteiger partial charge in [0.25, 0.3) is 0 Å². The molecule has 2 aromatic carbocycles. The summed E-state index contributed by atoms with van der Waals surface area (Å²) in [5, 5.41) is 3.91. The van der Waals surface area contributed by atoms with E-state index in [0.717, 1.165) is 16.6 Å². The highest BCUT2D eigenvalue weighted by Gasteiger charge is 2.20. The number of halogens is 1. The van der Waals surface area contributed by atoms with Crippen molar-refractivity contribution >= 4 is 20.6 Å². The van der Waals surface area contributed by atoms with Gasteiger partial charge in [-0.25, -0.2) is 0 Å². The Bertz CT molecular complexity index is 563. The van der Waals surface area contributed by atoms with Crippen LogP contribution in [0.25, 0.3) is 11.1 Å². The van der Waals surface area contributed by atoms with Crippen LogP contribution in [0.3, 0.4) is 0 Å². The van der Waals surface area contributed by atoms with E-state index in [2.05, 4.69) is 57.5 Å². The normalized spacial score (nSPS) is 18.3. The van der Waals surface area contributed by atoms with E-state index in [-0.39, 0.29) is 6.10 Å². The third-order valence-corrected chi connectivity index (χ3v) is 3.49. The highest BCUT2D eigenvalue weighted by atomic mass is 79.9. The van der Waals surface area contributed by atoms with E-state index in [1.54, 1.807) is 0 Å². The summed E-state index contributed by atoms with van der Waals surface area (Å²) in [6.45, 7) is 0. The first kappa shape index (κ1) is 11.5. The van der Waals surface area contributed by atoms with Crippen LogP contribution in [-0.4, -0.2) is 4.62 Å². The van der Waals surface area contributed by atoms with Gasteiger partial charge in [0.05, 0.1) is 0 Å². The zero-order valence-electron chi connectivity index (χ0n) is 9.71. The van der Waals surface area contributed by atoms with E-state index in [9.17, 15) is 0 Å². The average molecular weight is 302 g/mol. The van der Waals surface area contributed by atoms with Crippen LogP contribution in [0, 0.1) is 0 Å². The first-order valence-electron chi connectivity index (χ1n) is 5.86. The number of hydrogen-bond donors (Lipinski definition) is 0.